The molecule has 1 aromatic heterocycles. The highest BCUT2D eigenvalue weighted by atomic mass is 16.5. The first-order valence-corrected chi connectivity index (χ1v) is 8.44. The molecule has 3 rings (SSSR count). The largest absolute Gasteiger partial charge is 0.465 e. The van der Waals surface area contributed by atoms with E-state index in [-0.39, 0.29) is 11.9 Å². The molecular formula is C20H21NO4. The van der Waals surface area contributed by atoms with Crippen molar-refractivity contribution in [3.63, 3.8) is 0 Å². The molecule has 0 saturated heterocycles. The molecule has 5 nitrogen and oxygen atoms in total. The topological polar surface area (TPSA) is 68.5 Å². The smallest absolute Gasteiger partial charge is 0.331 e. The number of esters is 1. The summed E-state index contributed by atoms with van der Waals surface area (Å²) in [5.74, 6) is -0.322. The first-order valence-electron chi connectivity index (χ1n) is 8.44. The Labute approximate surface area is 146 Å². The Morgan fingerprint density at radius 3 is 2.92 bits per heavy atom. The van der Waals surface area contributed by atoms with E-state index in [1.807, 2.05) is 18.2 Å². The van der Waals surface area contributed by atoms with Crippen LogP contribution in [0.4, 0.5) is 0 Å². The van der Waals surface area contributed by atoms with Gasteiger partial charge in [-0.15, -0.1) is 0 Å². The molecule has 0 spiro atoms. The molecule has 0 fully saturated rings. The van der Waals surface area contributed by atoms with Crippen molar-refractivity contribution in [1.82, 2.24) is 5.32 Å². The minimum absolute atomic E-state index is 0.0303. The number of hydrogen-bond donors (Lipinski definition) is 1. The second-order valence-electron chi connectivity index (χ2n) is 6.08. The van der Waals surface area contributed by atoms with Gasteiger partial charge in [-0.3, -0.25) is 4.79 Å². The van der Waals surface area contributed by atoms with Crippen LogP contribution in [0.2, 0.25) is 0 Å². The van der Waals surface area contributed by atoms with Gasteiger partial charge in [-0.2, -0.15) is 0 Å². The van der Waals surface area contributed by atoms with Crippen LogP contribution in [0.25, 0.3) is 6.08 Å². The van der Waals surface area contributed by atoms with Crippen molar-refractivity contribution in [1.29, 1.82) is 0 Å². The number of carbonyl (C=O) groups is 2. The van der Waals surface area contributed by atoms with Gasteiger partial charge >= 0.3 is 5.97 Å². The number of amides is 1. The lowest BCUT2D eigenvalue weighted by atomic mass is 9.87. The molecule has 2 atom stereocenters. The number of hydrogen-bond acceptors (Lipinski definition) is 4. The predicted molar refractivity (Wildman–Crippen MR) is 93.6 cm³/mol. The Balaban J connectivity index is 1.55. The van der Waals surface area contributed by atoms with E-state index in [1.165, 1.54) is 24.0 Å². The van der Waals surface area contributed by atoms with Crippen LogP contribution in [0.5, 0.6) is 0 Å². The van der Waals surface area contributed by atoms with Crippen molar-refractivity contribution in [3.8, 4) is 0 Å². The van der Waals surface area contributed by atoms with E-state index in [4.69, 9.17) is 9.15 Å². The highest BCUT2D eigenvalue weighted by molar-refractivity contribution is 5.90. The molecule has 0 saturated carbocycles. The number of carbonyl (C=O) groups excluding carboxylic acids is 2. The zero-order valence-electron chi connectivity index (χ0n) is 14.1. The summed E-state index contributed by atoms with van der Waals surface area (Å²) in [6.07, 6.45) is 6.36. The average Bonchev–Trinajstić information content (AvgIpc) is 3.14. The number of aryl methyl sites for hydroxylation is 1. The molecule has 1 aromatic carbocycles. The molecular weight excluding hydrogens is 318 g/mol. The van der Waals surface area contributed by atoms with Gasteiger partial charge in [0.25, 0.3) is 5.91 Å². The molecule has 1 amide bonds. The summed E-state index contributed by atoms with van der Waals surface area (Å²) < 4.78 is 10.3. The second kappa shape index (κ2) is 7.83. The van der Waals surface area contributed by atoms with E-state index in [0.29, 0.717) is 5.76 Å². The van der Waals surface area contributed by atoms with Gasteiger partial charge in [0.1, 0.15) is 5.76 Å². The Morgan fingerprint density at radius 2 is 2.12 bits per heavy atom. The Kier molecular flexibility index (Phi) is 5.33. The van der Waals surface area contributed by atoms with Crippen LogP contribution in [0.1, 0.15) is 42.7 Å². The quantitative estimate of drug-likeness (QED) is 0.669. The first-order chi connectivity index (χ1) is 12.1. The lowest BCUT2D eigenvalue weighted by Crippen LogP contribution is -2.39. The van der Waals surface area contributed by atoms with Crippen LogP contribution in [-0.2, 0) is 20.7 Å². The number of rotatable bonds is 5. The SMILES string of the molecule is C[C@@H](OC(=O)/C=C/c1ccco1)C(=O)N[C@H]1CCCc2ccccc21. The highest BCUT2D eigenvalue weighted by Gasteiger charge is 2.24. The van der Waals surface area contributed by atoms with Gasteiger partial charge in [-0.05, 0) is 55.5 Å². The molecule has 0 radical (unpaired) electrons. The Bertz CT molecular complexity index is 764. The second-order valence-corrected chi connectivity index (χ2v) is 6.08. The normalized spacial score (nSPS) is 17.7. The third kappa shape index (κ3) is 4.38. The van der Waals surface area contributed by atoms with Crippen LogP contribution < -0.4 is 5.32 Å². The number of nitrogens with one attached hydrogen (secondary N) is 1. The van der Waals surface area contributed by atoms with E-state index in [2.05, 4.69) is 11.4 Å². The molecule has 25 heavy (non-hydrogen) atoms. The summed E-state index contributed by atoms with van der Waals surface area (Å²) in [4.78, 5) is 24.2. The molecule has 0 aliphatic heterocycles. The average molecular weight is 339 g/mol. The van der Waals surface area contributed by atoms with Crippen molar-refractivity contribution in [2.45, 2.75) is 38.3 Å². The fourth-order valence-corrected chi connectivity index (χ4v) is 3.00. The summed E-state index contributed by atoms with van der Waals surface area (Å²) in [6, 6.07) is 11.5. The highest BCUT2D eigenvalue weighted by Crippen LogP contribution is 2.29. The van der Waals surface area contributed by atoms with Crippen molar-refractivity contribution in [3.05, 3.63) is 65.6 Å². The van der Waals surface area contributed by atoms with Gasteiger partial charge in [-0.1, -0.05) is 24.3 Å². The third-order valence-electron chi connectivity index (χ3n) is 4.27. The number of fused-ring (bicyclic) bond motifs is 1. The van der Waals surface area contributed by atoms with Gasteiger partial charge in [0, 0.05) is 6.08 Å². The number of benzene rings is 1. The summed E-state index contributed by atoms with van der Waals surface area (Å²) in [5.41, 5.74) is 2.42. The molecule has 0 unspecified atom stereocenters. The van der Waals surface area contributed by atoms with Crippen LogP contribution in [0.15, 0.2) is 53.2 Å². The fourth-order valence-electron chi connectivity index (χ4n) is 3.00. The van der Waals surface area contributed by atoms with Gasteiger partial charge in [0.2, 0.25) is 0 Å². The van der Waals surface area contributed by atoms with E-state index in [9.17, 15) is 9.59 Å². The molecule has 2 aromatic rings. The maximum absolute atomic E-state index is 12.4. The van der Waals surface area contributed by atoms with Gasteiger partial charge < -0.3 is 14.5 Å². The molecule has 1 aliphatic rings. The lowest BCUT2D eigenvalue weighted by Gasteiger charge is -2.27. The molecule has 130 valence electrons. The van der Waals surface area contributed by atoms with Crippen LogP contribution in [-0.4, -0.2) is 18.0 Å². The summed E-state index contributed by atoms with van der Waals surface area (Å²) >= 11 is 0. The zero-order chi connectivity index (χ0) is 17.6. The van der Waals surface area contributed by atoms with Gasteiger partial charge in [0.05, 0.1) is 12.3 Å². The molecule has 5 heteroatoms. The Morgan fingerprint density at radius 1 is 1.28 bits per heavy atom. The minimum Gasteiger partial charge on any atom is -0.465 e. The van der Waals surface area contributed by atoms with Crippen molar-refractivity contribution < 1.29 is 18.7 Å². The molecule has 0 bridgehead atoms. The van der Waals surface area contributed by atoms with Crippen molar-refractivity contribution >= 4 is 18.0 Å². The first kappa shape index (κ1) is 17.0. The van der Waals surface area contributed by atoms with Crippen LogP contribution in [0.3, 0.4) is 0 Å². The predicted octanol–water partition coefficient (Wildman–Crippen LogP) is 3.42. The molecule has 1 heterocycles. The fraction of sp³-hybridized carbons (Fsp3) is 0.300. The van der Waals surface area contributed by atoms with Crippen molar-refractivity contribution in [2.75, 3.05) is 0 Å². The summed E-state index contributed by atoms with van der Waals surface area (Å²) in [7, 11) is 0. The maximum atomic E-state index is 12.4. The minimum atomic E-state index is -0.858. The number of ether oxygens (including phenoxy) is 1. The van der Waals surface area contributed by atoms with Crippen LogP contribution in [0, 0.1) is 0 Å². The lowest BCUT2D eigenvalue weighted by molar-refractivity contribution is -0.150. The number of furan rings is 1. The van der Waals surface area contributed by atoms with E-state index in [0.717, 1.165) is 24.8 Å². The van der Waals surface area contributed by atoms with Gasteiger partial charge in [-0.25, -0.2) is 4.79 Å². The maximum Gasteiger partial charge on any atom is 0.331 e. The summed E-state index contributed by atoms with van der Waals surface area (Å²) in [5, 5.41) is 2.99. The van der Waals surface area contributed by atoms with Crippen molar-refractivity contribution in [2.24, 2.45) is 0 Å². The standard InChI is InChI=1S/C20H21NO4/c1-14(25-19(22)12-11-16-8-5-13-24-16)20(23)21-18-10-4-7-15-6-2-3-9-17(15)18/h2-3,5-6,8-9,11-14,18H,4,7,10H2,1H3,(H,21,23)/b12-11+/t14-,18+/m1/s1. The van der Waals surface area contributed by atoms with E-state index < -0.39 is 12.1 Å². The van der Waals surface area contributed by atoms with E-state index >= 15 is 0 Å². The monoisotopic (exact) mass is 339 g/mol. The van der Waals surface area contributed by atoms with E-state index in [1.54, 1.807) is 19.1 Å². The van der Waals surface area contributed by atoms with Gasteiger partial charge in [0.15, 0.2) is 6.10 Å². The summed E-state index contributed by atoms with van der Waals surface area (Å²) in [6.45, 7) is 1.57. The zero-order valence-corrected chi connectivity index (χ0v) is 14.1. The molecule has 1 N–H and O–H groups in total. The third-order valence-corrected chi connectivity index (χ3v) is 4.27. The van der Waals surface area contributed by atoms with Crippen LogP contribution >= 0.6 is 0 Å². The Hall–Kier alpha value is -2.82. The molecule has 1 aliphatic carbocycles.